The number of benzene rings is 2. The maximum Gasteiger partial charge on any atom is 0.231 e. The Balaban J connectivity index is 1.04. The van der Waals surface area contributed by atoms with Crippen molar-refractivity contribution in [3.63, 3.8) is 0 Å². The lowest BCUT2D eigenvalue weighted by atomic mass is 9.96. The highest BCUT2D eigenvalue weighted by molar-refractivity contribution is 5.60. The van der Waals surface area contributed by atoms with Gasteiger partial charge in [-0.3, -0.25) is 0 Å². The van der Waals surface area contributed by atoms with Gasteiger partial charge in [0.2, 0.25) is 17.8 Å². The second-order valence-electron chi connectivity index (χ2n) is 10.4. The molecule has 4 aromatic rings. The molecule has 2 fully saturated rings. The molecule has 0 bridgehead atoms. The molecule has 2 aliphatic rings. The fourth-order valence-electron chi connectivity index (χ4n) is 5.33. The topological polar surface area (TPSA) is 106 Å². The van der Waals surface area contributed by atoms with Crippen LogP contribution in [-0.4, -0.2) is 75.4 Å². The second-order valence-corrected chi connectivity index (χ2v) is 10.4. The third-order valence-corrected chi connectivity index (χ3v) is 7.75. The van der Waals surface area contributed by atoms with Gasteiger partial charge >= 0.3 is 0 Å². The minimum absolute atomic E-state index is 0.250. The van der Waals surface area contributed by atoms with E-state index in [-0.39, 0.29) is 12.0 Å². The number of hydrogen-bond donors (Lipinski definition) is 2. The van der Waals surface area contributed by atoms with E-state index >= 15 is 0 Å². The molecule has 6 rings (SSSR count). The highest BCUT2D eigenvalue weighted by atomic mass is 16.3. The summed E-state index contributed by atoms with van der Waals surface area (Å²) in [4.78, 5) is 29.4. The number of aliphatic hydroxyl groups excluding tert-OH is 1. The van der Waals surface area contributed by atoms with Crippen molar-refractivity contribution < 1.29 is 5.11 Å². The van der Waals surface area contributed by atoms with E-state index in [0.29, 0.717) is 18.4 Å². The number of aromatic nitrogens is 5. The van der Waals surface area contributed by atoms with Gasteiger partial charge in [-0.05, 0) is 48.2 Å². The summed E-state index contributed by atoms with van der Waals surface area (Å²) in [7, 11) is 0. The Hall–Kier alpha value is -4.31. The molecule has 0 radical (unpaired) electrons. The SMILES string of the molecule is C[C@@H](c1ccccc1)c1cnc(N2CCN(c3ncnc(Nc4ccc(N5CCC[C@@H](O)C5)cc4)n3)CC2)nc1. The molecule has 0 spiro atoms. The van der Waals surface area contributed by atoms with Crippen molar-refractivity contribution in [1.82, 2.24) is 24.9 Å². The highest BCUT2D eigenvalue weighted by Crippen LogP contribution is 2.25. The maximum absolute atomic E-state index is 9.97. The quantitative estimate of drug-likeness (QED) is 0.361. The van der Waals surface area contributed by atoms with Gasteiger partial charge in [0, 0.05) is 69.0 Å². The predicted molar refractivity (Wildman–Crippen MR) is 157 cm³/mol. The molecule has 40 heavy (non-hydrogen) atoms. The molecule has 0 saturated carbocycles. The van der Waals surface area contributed by atoms with E-state index in [9.17, 15) is 5.11 Å². The lowest BCUT2D eigenvalue weighted by Gasteiger charge is -2.34. The Labute approximate surface area is 234 Å². The van der Waals surface area contributed by atoms with Crippen molar-refractivity contribution in [3.8, 4) is 0 Å². The van der Waals surface area contributed by atoms with E-state index in [1.54, 1.807) is 6.33 Å². The Bertz CT molecular complexity index is 1380. The second kappa shape index (κ2) is 11.8. The standard InChI is InChI=1S/C30H35N9O/c1-22(23-6-3-2-4-7-23)24-18-31-29(32-19-24)37-14-16-38(17-15-37)30-34-21-33-28(36-30)35-25-9-11-26(12-10-25)39-13-5-8-27(40)20-39/h2-4,6-7,9-12,18-19,21-22,27,40H,5,8,13-17,20H2,1H3,(H,33,34,35,36)/t22-,27+/m0/s1. The smallest absolute Gasteiger partial charge is 0.231 e. The van der Waals surface area contributed by atoms with Crippen LogP contribution in [0.5, 0.6) is 0 Å². The van der Waals surface area contributed by atoms with E-state index in [2.05, 4.69) is 88.3 Å². The number of piperazine rings is 1. The van der Waals surface area contributed by atoms with Crippen molar-refractivity contribution in [1.29, 1.82) is 0 Å². The summed E-state index contributed by atoms with van der Waals surface area (Å²) >= 11 is 0. The lowest BCUT2D eigenvalue weighted by Crippen LogP contribution is -2.47. The van der Waals surface area contributed by atoms with Gasteiger partial charge < -0.3 is 25.1 Å². The average Bonchev–Trinajstić information content (AvgIpc) is 3.02. The summed E-state index contributed by atoms with van der Waals surface area (Å²) in [5, 5.41) is 13.3. The first-order valence-corrected chi connectivity index (χ1v) is 14.0. The van der Waals surface area contributed by atoms with Crippen LogP contribution in [0.3, 0.4) is 0 Å². The van der Waals surface area contributed by atoms with Crippen LogP contribution < -0.4 is 20.0 Å². The van der Waals surface area contributed by atoms with E-state index in [1.807, 2.05) is 30.6 Å². The van der Waals surface area contributed by atoms with Crippen LogP contribution in [0.2, 0.25) is 0 Å². The molecule has 4 heterocycles. The summed E-state index contributed by atoms with van der Waals surface area (Å²) in [5.74, 6) is 2.17. The van der Waals surface area contributed by atoms with E-state index in [0.717, 1.165) is 68.5 Å². The molecule has 0 amide bonds. The molecule has 0 aliphatic carbocycles. The van der Waals surface area contributed by atoms with Crippen molar-refractivity contribution in [2.24, 2.45) is 0 Å². The minimum atomic E-state index is -0.251. The van der Waals surface area contributed by atoms with Gasteiger partial charge in [-0.25, -0.2) is 19.9 Å². The number of rotatable bonds is 7. The normalized spacial score (nSPS) is 18.4. The van der Waals surface area contributed by atoms with Crippen molar-refractivity contribution in [3.05, 3.63) is 84.4 Å². The van der Waals surface area contributed by atoms with Gasteiger partial charge in [-0.15, -0.1) is 0 Å². The van der Waals surface area contributed by atoms with Crippen molar-refractivity contribution in [2.75, 3.05) is 59.3 Å². The molecule has 10 heteroatoms. The third-order valence-electron chi connectivity index (χ3n) is 7.75. The molecule has 206 valence electrons. The van der Waals surface area contributed by atoms with Crippen molar-refractivity contribution in [2.45, 2.75) is 31.8 Å². The van der Waals surface area contributed by atoms with E-state index in [1.165, 1.54) is 5.56 Å². The number of β-amino-alcohol motifs (C(OH)–C–C–N with tert-alkyl or cyclic N) is 1. The summed E-state index contributed by atoms with van der Waals surface area (Å²) < 4.78 is 0. The van der Waals surface area contributed by atoms with Gasteiger partial charge in [0.25, 0.3) is 0 Å². The molecular formula is C30H35N9O. The predicted octanol–water partition coefficient (Wildman–Crippen LogP) is 3.84. The zero-order valence-electron chi connectivity index (χ0n) is 22.8. The number of hydrogen-bond acceptors (Lipinski definition) is 10. The molecule has 2 aromatic heterocycles. The van der Waals surface area contributed by atoms with Crippen LogP contribution in [0.4, 0.5) is 29.2 Å². The Morgan fingerprint density at radius 2 is 1.48 bits per heavy atom. The zero-order chi connectivity index (χ0) is 27.3. The minimum Gasteiger partial charge on any atom is -0.391 e. The average molecular weight is 538 g/mol. The Kier molecular flexibility index (Phi) is 7.67. The van der Waals surface area contributed by atoms with Crippen LogP contribution in [0.15, 0.2) is 73.3 Å². The number of piperidine rings is 1. The Morgan fingerprint density at radius 3 is 2.17 bits per heavy atom. The fraction of sp³-hybridized carbons (Fsp3) is 0.367. The fourth-order valence-corrected chi connectivity index (χ4v) is 5.33. The maximum atomic E-state index is 9.97. The summed E-state index contributed by atoms with van der Waals surface area (Å²) in [5.41, 5.74) is 4.39. The third kappa shape index (κ3) is 5.96. The molecule has 0 unspecified atom stereocenters. The van der Waals surface area contributed by atoms with Gasteiger partial charge in [-0.1, -0.05) is 37.3 Å². The first-order valence-electron chi connectivity index (χ1n) is 14.0. The number of nitrogens with one attached hydrogen (secondary N) is 1. The van der Waals surface area contributed by atoms with Crippen LogP contribution in [-0.2, 0) is 0 Å². The molecule has 2 atom stereocenters. The first-order chi connectivity index (χ1) is 19.6. The highest BCUT2D eigenvalue weighted by Gasteiger charge is 2.22. The summed E-state index contributed by atoms with van der Waals surface area (Å²) in [6.45, 7) is 6.95. The van der Waals surface area contributed by atoms with Gasteiger partial charge in [-0.2, -0.15) is 4.98 Å². The van der Waals surface area contributed by atoms with Gasteiger partial charge in [0.15, 0.2) is 0 Å². The van der Waals surface area contributed by atoms with Gasteiger partial charge in [0.1, 0.15) is 6.33 Å². The van der Waals surface area contributed by atoms with E-state index in [4.69, 9.17) is 0 Å². The molecule has 2 aromatic carbocycles. The number of nitrogens with zero attached hydrogens (tertiary/aromatic N) is 8. The summed E-state index contributed by atoms with van der Waals surface area (Å²) in [6, 6.07) is 18.6. The monoisotopic (exact) mass is 537 g/mol. The number of aliphatic hydroxyl groups is 1. The van der Waals surface area contributed by atoms with Crippen LogP contribution >= 0.6 is 0 Å². The van der Waals surface area contributed by atoms with E-state index < -0.39 is 0 Å². The molecular weight excluding hydrogens is 502 g/mol. The van der Waals surface area contributed by atoms with Crippen molar-refractivity contribution >= 4 is 29.2 Å². The molecule has 2 saturated heterocycles. The van der Waals surface area contributed by atoms with Crippen LogP contribution in [0.1, 0.15) is 36.8 Å². The number of anilines is 5. The molecule has 10 nitrogen and oxygen atoms in total. The molecule has 2 aliphatic heterocycles. The first kappa shape index (κ1) is 25.9. The van der Waals surface area contributed by atoms with Gasteiger partial charge in [0.05, 0.1) is 6.10 Å². The Morgan fingerprint density at radius 1 is 0.775 bits per heavy atom. The van der Waals surface area contributed by atoms with Crippen LogP contribution in [0, 0.1) is 0 Å². The van der Waals surface area contributed by atoms with Crippen LogP contribution in [0.25, 0.3) is 0 Å². The lowest BCUT2D eigenvalue weighted by molar-refractivity contribution is 0.154. The largest absolute Gasteiger partial charge is 0.391 e. The summed E-state index contributed by atoms with van der Waals surface area (Å²) in [6.07, 6.45) is 7.07. The zero-order valence-corrected chi connectivity index (χ0v) is 22.8. The molecule has 2 N–H and O–H groups in total.